The van der Waals surface area contributed by atoms with Gasteiger partial charge in [-0.15, -0.1) is 11.8 Å². The summed E-state index contributed by atoms with van der Waals surface area (Å²) >= 11 is 7.69. The Morgan fingerprint density at radius 2 is 1.86 bits per heavy atom. The molecule has 0 saturated heterocycles. The van der Waals surface area contributed by atoms with E-state index in [4.69, 9.17) is 11.6 Å². The number of thioether (sulfide) groups is 1. The Labute approximate surface area is 134 Å². The topological polar surface area (TPSA) is 29.1 Å². The summed E-state index contributed by atoms with van der Waals surface area (Å²) in [6.45, 7) is 3.99. The van der Waals surface area contributed by atoms with E-state index in [1.54, 1.807) is 11.8 Å². The van der Waals surface area contributed by atoms with Gasteiger partial charge in [-0.25, -0.2) is 0 Å². The number of benzene rings is 2. The number of carbonyl (C=O) groups excluding carboxylic acids is 1. The minimum atomic E-state index is -0.0938. The molecule has 2 nitrogen and oxygen atoms in total. The second kappa shape index (κ2) is 7.53. The van der Waals surface area contributed by atoms with E-state index in [9.17, 15) is 4.79 Å². The third-order valence-electron chi connectivity index (χ3n) is 3.20. The monoisotopic (exact) mass is 319 g/mol. The Kier molecular flexibility index (Phi) is 5.71. The Morgan fingerprint density at radius 1 is 1.19 bits per heavy atom. The number of nitrogens with one attached hydrogen (secondary N) is 1. The van der Waals surface area contributed by atoms with Crippen molar-refractivity contribution in [2.75, 3.05) is 5.75 Å². The molecule has 0 aliphatic rings. The summed E-state index contributed by atoms with van der Waals surface area (Å²) in [7, 11) is 0. The zero-order valence-electron chi connectivity index (χ0n) is 12.1. The van der Waals surface area contributed by atoms with Crippen LogP contribution in [0.25, 0.3) is 0 Å². The van der Waals surface area contributed by atoms with Gasteiger partial charge in [0.1, 0.15) is 0 Å². The summed E-state index contributed by atoms with van der Waals surface area (Å²) in [5.41, 5.74) is 2.13. The van der Waals surface area contributed by atoms with E-state index in [1.165, 1.54) is 5.56 Å². The zero-order chi connectivity index (χ0) is 15.2. The van der Waals surface area contributed by atoms with Crippen LogP contribution >= 0.6 is 23.4 Å². The maximum absolute atomic E-state index is 12.0. The Bertz CT molecular complexity index is 630. The molecule has 2 aromatic carbocycles. The highest BCUT2D eigenvalue weighted by molar-refractivity contribution is 8.00. The van der Waals surface area contributed by atoms with Crippen LogP contribution in [0.15, 0.2) is 53.4 Å². The highest BCUT2D eigenvalue weighted by Gasteiger charge is 2.12. The molecule has 2 rings (SSSR count). The maximum Gasteiger partial charge on any atom is 0.230 e. The Morgan fingerprint density at radius 3 is 2.57 bits per heavy atom. The van der Waals surface area contributed by atoms with Crippen molar-refractivity contribution in [3.63, 3.8) is 0 Å². The van der Waals surface area contributed by atoms with Gasteiger partial charge in [0.15, 0.2) is 0 Å². The van der Waals surface area contributed by atoms with Crippen molar-refractivity contribution < 1.29 is 4.79 Å². The normalized spacial score (nSPS) is 12.0. The van der Waals surface area contributed by atoms with E-state index in [1.807, 2.05) is 62.4 Å². The molecule has 0 saturated carbocycles. The lowest BCUT2D eigenvalue weighted by molar-refractivity contribution is -0.119. The minimum absolute atomic E-state index is 0.00988. The van der Waals surface area contributed by atoms with Crippen molar-refractivity contribution in [3.8, 4) is 0 Å². The summed E-state index contributed by atoms with van der Waals surface area (Å²) in [4.78, 5) is 13.2. The van der Waals surface area contributed by atoms with Gasteiger partial charge >= 0.3 is 0 Å². The first kappa shape index (κ1) is 15.9. The van der Waals surface area contributed by atoms with E-state index in [0.717, 1.165) is 10.5 Å². The van der Waals surface area contributed by atoms with E-state index in [0.29, 0.717) is 10.8 Å². The summed E-state index contributed by atoms with van der Waals surface area (Å²) in [5, 5.41) is 3.66. The van der Waals surface area contributed by atoms with Crippen LogP contribution in [-0.4, -0.2) is 11.7 Å². The van der Waals surface area contributed by atoms with Gasteiger partial charge in [-0.2, -0.15) is 0 Å². The average Bonchev–Trinajstić information content (AvgIpc) is 2.46. The molecule has 0 heterocycles. The quantitative estimate of drug-likeness (QED) is 0.815. The van der Waals surface area contributed by atoms with Gasteiger partial charge in [-0.3, -0.25) is 4.79 Å². The lowest BCUT2D eigenvalue weighted by atomic mass is 10.1. The van der Waals surface area contributed by atoms with Gasteiger partial charge in [0.05, 0.1) is 11.8 Å². The van der Waals surface area contributed by atoms with Gasteiger partial charge in [-0.05, 0) is 37.1 Å². The molecule has 2 aromatic rings. The fourth-order valence-electron chi connectivity index (χ4n) is 2.05. The van der Waals surface area contributed by atoms with Crippen LogP contribution in [0, 0.1) is 6.92 Å². The van der Waals surface area contributed by atoms with Crippen molar-refractivity contribution in [1.82, 2.24) is 5.32 Å². The summed E-state index contributed by atoms with van der Waals surface area (Å²) in [6.07, 6.45) is 0. The number of rotatable bonds is 5. The molecular weight excluding hydrogens is 302 g/mol. The molecule has 1 N–H and O–H groups in total. The Hall–Kier alpha value is -1.45. The average molecular weight is 320 g/mol. The number of hydrogen-bond donors (Lipinski definition) is 1. The molecule has 0 fully saturated rings. The zero-order valence-corrected chi connectivity index (χ0v) is 13.7. The van der Waals surface area contributed by atoms with Gasteiger partial charge in [-0.1, -0.05) is 48.0 Å². The number of halogens is 1. The van der Waals surface area contributed by atoms with Crippen LogP contribution in [0.4, 0.5) is 0 Å². The van der Waals surface area contributed by atoms with Crippen molar-refractivity contribution in [1.29, 1.82) is 0 Å². The van der Waals surface area contributed by atoms with Gasteiger partial charge in [0.25, 0.3) is 0 Å². The third kappa shape index (κ3) is 4.51. The number of carbonyl (C=O) groups is 1. The largest absolute Gasteiger partial charge is 0.349 e. The first-order valence-corrected chi connectivity index (χ1v) is 8.16. The van der Waals surface area contributed by atoms with Crippen LogP contribution in [0.1, 0.15) is 24.1 Å². The van der Waals surface area contributed by atoms with Crippen molar-refractivity contribution in [2.45, 2.75) is 24.8 Å². The van der Waals surface area contributed by atoms with Crippen LogP contribution in [0.3, 0.4) is 0 Å². The molecule has 1 atom stereocenters. The second-order valence-corrected chi connectivity index (χ2v) is 6.29. The second-order valence-electron chi connectivity index (χ2n) is 4.86. The molecule has 1 unspecified atom stereocenters. The molecule has 0 radical (unpaired) electrons. The van der Waals surface area contributed by atoms with Crippen LogP contribution in [-0.2, 0) is 4.79 Å². The molecule has 21 heavy (non-hydrogen) atoms. The first-order chi connectivity index (χ1) is 10.1. The van der Waals surface area contributed by atoms with Crippen LogP contribution in [0.5, 0.6) is 0 Å². The van der Waals surface area contributed by atoms with Crippen LogP contribution < -0.4 is 5.32 Å². The SMILES string of the molecule is Cc1ccccc1SCC(=O)NC(C)c1ccccc1Cl. The van der Waals surface area contributed by atoms with Gasteiger partial charge in [0, 0.05) is 9.92 Å². The fourth-order valence-corrected chi connectivity index (χ4v) is 3.19. The van der Waals surface area contributed by atoms with E-state index in [-0.39, 0.29) is 11.9 Å². The number of amides is 1. The molecule has 1 amide bonds. The molecule has 0 aliphatic carbocycles. The number of hydrogen-bond acceptors (Lipinski definition) is 2. The Balaban J connectivity index is 1.90. The number of aryl methyl sites for hydroxylation is 1. The molecule has 0 aliphatic heterocycles. The lowest BCUT2D eigenvalue weighted by Gasteiger charge is -2.15. The van der Waals surface area contributed by atoms with Gasteiger partial charge in [0.2, 0.25) is 5.91 Å². The molecule has 4 heteroatoms. The predicted octanol–water partition coefficient (Wildman–Crippen LogP) is 4.62. The van der Waals surface area contributed by atoms with E-state index in [2.05, 4.69) is 5.32 Å². The standard InChI is InChI=1S/C17H18ClNOS/c1-12-7-3-6-10-16(12)21-11-17(20)19-13(2)14-8-4-5-9-15(14)18/h3-10,13H,11H2,1-2H3,(H,19,20). The molecule has 0 spiro atoms. The smallest absolute Gasteiger partial charge is 0.230 e. The van der Waals surface area contributed by atoms with Gasteiger partial charge < -0.3 is 5.32 Å². The van der Waals surface area contributed by atoms with Crippen molar-refractivity contribution in [3.05, 3.63) is 64.7 Å². The lowest BCUT2D eigenvalue weighted by Crippen LogP contribution is -2.28. The molecule has 0 aromatic heterocycles. The highest BCUT2D eigenvalue weighted by atomic mass is 35.5. The third-order valence-corrected chi connectivity index (χ3v) is 4.72. The molecule has 110 valence electrons. The fraction of sp³-hybridized carbons (Fsp3) is 0.235. The predicted molar refractivity (Wildman–Crippen MR) is 89.9 cm³/mol. The summed E-state index contributed by atoms with van der Waals surface area (Å²) in [5.74, 6) is 0.412. The highest BCUT2D eigenvalue weighted by Crippen LogP contribution is 2.24. The molecular formula is C17H18ClNOS. The summed E-state index contributed by atoms with van der Waals surface area (Å²) in [6, 6.07) is 15.5. The first-order valence-electron chi connectivity index (χ1n) is 6.80. The molecule has 0 bridgehead atoms. The van der Waals surface area contributed by atoms with E-state index >= 15 is 0 Å². The summed E-state index contributed by atoms with van der Waals surface area (Å²) < 4.78 is 0. The maximum atomic E-state index is 12.0. The van der Waals surface area contributed by atoms with Crippen molar-refractivity contribution >= 4 is 29.3 Å². The van der Waals surface area contributed by atoms with Crippen LogP contribution in [0.2, 0.25) is 5.02 Å². The van der Waals surface area contributed by atoms with Crippen molar-refractivity contribution in [2.24, 2.45) is 0 Å². The van der Waals surface area contributed by atoms with E-state index < -0.39 is 0 Å². The minimum Gasteiger partial charge on any atom is -0.349 e.